The summed E-state index contributed by atoms with van der Waals surface area (Å²) < 4.78 is 25.7. The van der Waals surface area contributed by atoms with Crippen molar-refractivity contribution in [1.29, 1.82) is 0 Å². The molecule has 1 rings (SSSR count). The van der Waals surface area contributed by atoms with E-state index in [1.54, 1.807) is 6.92 Å². The Morgan fingerprint density at radius 1 is 1.42 bits per heavy atom. The number of pyridine rings is 1. The fourth-order valence-corrected chi connectivity index (χ4v) is 0.955. The average molecular weight is 172 g/mol. The summed E-state index contributed by atoms with van der Waals surface area (Å²) in [6.07, 6.45) is 2.17. The number of hydrogen-bond donors (Lipinski definition) is 1. The minimum Gasteiger partial charge on any atom is -0.328 e. The lowest BCUT2D eigenvalue weighted by molar-refractivity contribution is 0.533. The summed E-state index contributed by atoms with van der Waals surface area (Å²) in [6.45, 7) is 1.69. The van der Waals surface area contributed by atoms with Crippen LogP contribution in [0.1, 0.15) is 12.5 Å². The Morgan fingerprint density at radius 3 is 2.33 bits per heavy atom. The van der Waals surface area contributed by atoms with E-state index in [0.29, 0.717) is 0 Å². The van der Waals surface area contributed by atoms with E-state index in [4.69, 9.17) is 5.73 Å². The smallest absolute Gasteiger partial charge is 0.147 e. The summed E-state index contributed by atoms with van der Waals surface area (Å²) in [5.74, 6) is -1.26. The first kappa shape index (κ1) is 9.06. The third-order valence-electron chi connectivity index (χ3n) is 1.48. The molecule has 0 unspecified atom stereocenters. The first-order valence-corrected chi connectivity index (χ1v) is 3.64. The van der Waals surface area contributed by atoms with Crippen LogP contribution in [0.5, 0.6) is 0 Å². The van der Waals surface area contributed by atoms with Crippen LogP contribution in [0.4, 0.5) is 8.78 Å². The minimum atomic E-state index is -0.632. The number of nitrogens with two attached hydrogens (primary N) is 1. The molecule has 1 aromatic rings. The number of rotatable bonds is 2. The zero-order valence-electron chi connectivity index (χ0n) is 6.72. The van der Waals surface area contributed by atoms with Gasteiger partial charge in [-0.2, -0.15) is 0 Å². The maximum absolute atomic E-state index is 12.9. The van der Waals surface area contributed by atoms with Gasteiger partial charge in [0, 0.05) is 11.6 Å². The zero-order valence-corrected chi connectivity index (χ0v) is 6.72. The Balaban J connectivity index is 2.96. The molecule has 2 N–H and O–H groups in total. The fraction of sp³-hybridized carbons (Fsp3) is 0.375. The fourth-order valence-electron chi connectivity index (χ4n) is 0.955. The van der Waals surface area contributed by atoms with Crippen molar-refractivity contribution in [2.24, 2.45) is 5.73 Å². The predicted octanol–water partition coefficient (Wildman–Crippen LogP) is 1.25. The van der Waals surface area contributed by atoms with Gasteiger partial charge in [0.15, 0.2) is 0 Å². The van der Waals surface area contributed by atoms with Gasteiger partial charge in [0.25, 0.3) is 0 Å². The van der Waals surface area contributed by atoms with E-state index in [1.807, 2.05) is 0 Å². The molecular formula is C8H10F2N2. The van der Waals surface area contributed by atoms with Crippen molar-refractivity contribution in [1.82, 2.24) is 4.98 Å². The maximum atomic E-state index is 12.9. The van der Waals surface area contributed by atoms with Crippen molar-refractivity contribution < 1.29 is 8.78 Å². The lowest BCUT2D eigenvalue weighted by Crippen LogP contribution is -2.19. The molecular weight excluding hydrogens is 162 g/mol. The number of aromatic nitrogens is 1. The van der Waals surface area contributed by atoms with Gasteiger partial charge in [0.1, 0.15) is 11.6 Å². The highest BCUT2D eigenvalue weighted by atomic mass is 19.1. The highest BCUT2D eigenvalue weighted by Crippen LogP contribution is 2.11. The van der Waals surface area contributed by atoms with Gasteiger partial charge < -0.3 is 5.73 Å². The highest BCUT2D eigenvalue weighted by molar-refractivity contribution is 5.16. The zero-order chi connectivity index (χ0) is 9.14. The Hall–Kier alpha value is -1.03. The van der Waals surface area contributed by atoms with Crippen LogP contribution in [0.2, 0.25) is 0 Å². The van der Waals surface area contributed by atoms with Crippen LogP contribution in [0, 0.1) is 11.6 Å². The Morgan fingerprint density at radius 2 is 1.92 bits per heavy atom. The molecule has 1 aromatic heterocycles. The number of halogens is 2. The molecule has 4 heteroatoms. The van der Waals surface area contributed by atoms with Gasteiger partial charge in [-0.15, -0.1) is 0 Å². The predicted molar refractivity (Wildman–Crippen MR) is 41.5 cm³/mol. The monoisotopic (exact) mass is 172 g/mol. The summed E-state index contributed by atoms with van der Waals surface area (Å²) in [5.41, 5.74) is 5.42. The number of hydrogen-bond acceptors (Lipinski definition) is 2. The van der Waals surface area contributed by atoms with Gasteiger partial charge in [-0.25, -0.2) is 8.78 Å². The molecule has 66 valence electrons. The molecule has 0 radical (unpaired) electrons. The van der Waals surface area contributed by atoms with Crippen molar-refractivity contribution in [3.8, 4) is 0 Å². The third kappa shape index (κ3) is 1.98. The summed E-state index contributed by atoms with van der Waals surface area (Å²) in [5, 5.41) is 0. The van der Waals surface area contributed by atoms with Crippen LogP contribution in [0.25, 0.3) is 0 Å². The second-order valence-corrected chi connectivity index (χ2v) is 2.76. The van der Waals surface area contributed by atoms with Crippen molar-refractivity contribution in [2.45, 2.75) is 19.4 Å². The maximum Gasteiger partial charge on any atom is 0.147 e. The van der Waals surface area contributed by atoms with Gasteiger partial charge >= 0.3 is 0 Å². The highest BCUT2D eigenvalue weighted by Gasteiger charge is 2.10. The van der Waals surface area contributed by atoms with Crippen LogP contribution >= 0.6 is 0 Å². The lowest BCUT2D eigenvalue weighted by Gasteiger charge is -2.06. The first-order valence-electron chi connectivity index (χ1n) is 3.64. The van der Waals surface area contributed by atoms with Crippen molar-refractivity contribution >= 4 is 0 Å². The van der Waals surface area contributed by atoms with E-state index in [0.717, 1.165) is 12.4 Å². The summed E-state index contributed by atoms with van der Waals surface area (Å²) in [4.78, 5) is 3.36. The first-order chi connectivity index (χ1) is 5.61. The largest absolute Gasteiger partial charge is 0.328 e. The van der Waals surface area contributed by atoms with Crippen molar-refractivity contribution in [2.75, 3.05) is 0 Å². The Kier molecular flexibility index (Phi) is 2.70. The van der Waals surface area contributed by atoms with E-state index < -0.39 is 11.6 Å². The average Bonchev–Trinajstić information content (AvgIpc) is 1.97. The molecule has 12 heavy (non-hydrogen) atoms. The molecule has 0 aliphatic carbocycles. The van der Waals surface area contributed by atoms with Crippen LogP contribution in [-0.4, -0.2) is 11.0 Å². The molecule has 0 amide bonds. The van der Waals surface area contributed by atoms with Crippen LogP contribution in [-0.2, 0) is 6.42 Å². The normalized spacial score (nSPS) is 13.0. The molecule has 0 saturated carbocycles. The molecule has 0 aliphatic heterocycles. The second kappa shape index (κ2) is 3.58. The summed E-state index contributed by atoms with van der Waals surface area (Å²) in [7, 11) is 0. The van der Waals surface area contributed by atoms with Crippen molar-refractivity contribution in [3.05, 3.63) is 29.6 Å². The Bertz CT molecular complexity index is 254. The summed E-state index contributed by atoms with van der Waals surface area (Å²) >= 11 is 0. The SMILES string of the molecule is C[C@@H](N)Cc1c(F)cncc1F. The molecule has 1 heterocycles. The van der Waals surface area contributed by atoms with E-state index in [2.05, 4.69) is 4.98 Å². The second-order valence-electron chi connectivity index (χ2n) is 2.76. The molecule has 0 saturated heterocycles. The van der Waals surface area contributed by atoms with Gasteiger partial charge in [-0.1, -0.05) is 0 Å². The van der Waals surface area contributed by atoms with Crippen LogP contribution < -0.4 is 5.73 Å². The summed E-state index contributed by atoms with van der Waals surface area (Å²) in [6, 6.07) is -0.253. The van der Waals surface area contributed by atoms with Gasteiger partial charge in [0.05, 0.1) is 12.4 Å². The van der Waals surface area contributed by atoms with Gasteiger partial charge in [-0.05, 0) is 13.3 Å². The Labute approximate surface area is 69.4 Å². The van der Waals surface area contributed by atoms with E-state index in [-0.39, 0.29) is 18.0 Å². The molecule has 0 spiro atoms. The third-order valence-corrected chi connectivity index (χ3v) is 1.48. The van der Waals surface area contributed by atoms with Gasteiger partial charge in [-0.3, -0.25) is 4.98 Å². The molecule has 1 atom stereocenters. The number of nitrogens with zero attached hydrogens (tertiary/aromatic N) is 1. The lowest BCUT2D eigenvalue weighted by atomic mass is 10.1. The van der Waals surface area contributed by atoms with Crippen molar-refractivity contribution in [3.63, 3.8) is 0 Å². The molecule has 0 fully saturated rings. The van der Waals surface area contributed by atoms with E-state index >= 15 is 0 Å². The van der Waals surface area contributed by atoms with E-state index in [9.17, 15) is 8.78 Å². The van der Waals surface area contributed by atoms with Crippen LogP contribution in [0.3, 0.4) is 0 Å². The minimum absolute atomic E-state index is 0.0139. The topological polar surface area (TPSA) is 38.9 Å². The molecule has 0 aliphatic rings. The van der Waals surface area contributed by atoms with Crippen LogP contribution in [0.15, 0.2) is 12.4 Å². The standard InChI is InChI=1S/C8H10F2N2/c1-5(11)2-6-7(9)3-12-4-8(6)10/h3-5H,2,11H2,1H3/t5-/m1/s1. The molecule has 0 aromatic carbocycles. The van der Waals surface area contributed by atoms with Gasteiger partial charge in [0.2, 0.25) is 0 Å². The molecule has 0 bridgehead atoms. The quantitative estimate of drug-likeness (QED) is 0.729. The molecule has 2 nitrogen and oxygen atoms in total. The van der Waals surface area contributed by atoms with E-state index in [1.165, 1.54) is 0 Å².